The molecule has 1 unspecified atom stereocenters. The number of hydrogen-bond acceptors (Lipinski definition) is 1. The van der Waals surface area contributed by atoms with Crippen molar-refractivity contribution < 1.29 is 0 Å². The number of benzene rings is 2. The zero-order chi connectivity index (χ0) is 14.7. The lowest BCUT2D eigenvalue weighted by molar-refractivity contribution is 0.630. The van der Waals surface area contributed by atoms with E-state index in [2.05, 4.69) is 28.2 Å². The molecule has 0 saturated carbocycles. The van der Waals surface area contributed by atoms with E-state index in [0.717, 1.165) is 22.1 Å². The molecule has 0 fully saturated rings. The Morgan fingerprint density at radius 3 is 2.40 bits per heavy atom. The molecule has 0 radical (unpaired) electrons. The molecule has 2 aromatic rings. The Morgan fingerprint density at radius 1 is 1.05 bits per heavy atom. The molecule has 0 amide bonds. The van der Waals surface area contributed by atoms with Crippen molar-refractivity contribution in [1.29, 1.82) is 0 Å². The predicted molar refractivity (Wildman–Crippen MR) is 91.1 cm³/mol. The molecule has 0 spiro atoms. The molecule has 5 heteroatoms. The summed E-state index contributed by atoms with van der Waals surface area (Å²) in [5, 5.41) is 5.40. The van der Waals surface area contributed by atoms with Gasteiger partial charge in [0.15, 0.2) is 0 Å². The van der Waals surface area contributed by atoms with Crippen molar-refractivity contribution in [2.24, 2.45) is 0 Å². The first-order chi connectivity index (χ1) is 9.52. The van der Waals surface area contributed by atoms with Crippen LogP contribution in [-0.2, 0) is 0 Å². The number of hydrogen-bond donors (Lipinski definition) is 1. The van der Waals surface area contributed by atoms with Gasteiger partial charge in [-0.25, -0.2) is 0 Å². The third-order valence-electron chi connectivity index (χ3n) is 2.96. The van der Waals surface area contributed by atoms with Crippen LogP contribution in [-0.4, -0.2) is 6.54 Å². The fraction of sp³-hybridized carbons (Fsp3) is 0.200. The molecular formula is C15H13BrCl3N. The lowest BCUT2D eigenvalue weighted by Crippen LogP contribution is -2.22. The standard InChI is InChI=1S/C15H13BrCl3N/c1-2-20-15(9-3-6-13(18)12(16)7-9)11-5-4-10(17)8-14(11)19/h3-8,15,20H,2H2,1H3. The van der Waals surface area contributed by atoms with Gasteiger partial charge in [0.25, 0.3) is 0 Å². The second kappa shape index (κ2) is 7.15. The van der Waals surface area contributed by atoms with Gasteiger partial charge in [-0.2, -0.15) is 0 Å². The molecule has 20 heavy (non-hydrogen) atoms. The van der Waals surface area contributed by atoms with Crippen molar-refractivity contribution in [3.8, 4) is 0 Å². The van der Waals surface area contributed by atoms with Gasteiger partial charge in [-0.15, -0.1) is 0 Å². The summed E-state index contributed by atoms with van der Waals surface area (Å²) >= 11 is 21.8. The Morgan fingerprint density at radius 2 is 1.80 bits per heavy atom. The van der Waals surface area contributed by atoms with E-state index in [9.17, 15) is 0 Å². The highest BCUT2D eigenvalue weighted by molar-refractivity contribution is 9.10. The highest BCUT2D eigenvalue weighted by Gasteiger charge is 2.17. The van der Waals surface area contributed by atoms with E-state index in [1.807, 2.05) is 30.3 Å². The smallest absolute Gasteiger partial charge is 0.0591 e. The normalized spacial score (nSPS) is 12.4. The van der Waals surface area contributed by atoms with E-state index in [4.69, 9.17) is 34.8 Å². The fourth-order valence-electron chi connectivity index (χ4n) is 2.04. The minimum absolute atomic E-state index is 0.00154. The van der Waals surface area contributed by atoms with Crippen molar-refractivity contribution in [3.63, 3.8) is 0 Å². The van der Waals surface area contributed by atoms with Crippen LogP contribution in [0.1, 0.15) is 24.1 Å². The summed E-state index contributed by atoms with van der Waals surface area (Å²) in [5.74, 6) is 0. The topological polar surface area (TPSA) is 12.0 Å². The summed E-state index contributed by atoms with van der Waals surface area (Å²) in [5.41, 5.74) is 2.08. The summed E-state index contributed by atoms with van der Waals surface area (Å²) in [6, 6.07) is 11.4. The summed E-state index contributed by atoms with van der Waals surface area (Å²) in [4.78, 5) is 0. The van der Waals surface area contributed by atoms with E-state index in [0.29, 0.717) is 15.1 Å². The van der Waals surface area contributed by atoms with E-state index in [1.165, 1.54) is 0 Å². The van der Waals surface area contributed by atoms with Crippen LogP contribution in [0.25, 0.3) is 0 Å². The molecular weight excluding hydrogens is 380 g/mol. The Labute approximate surface area is 142 Å². The van der Waals surface area contributed by atoms with E-state index in [1.54, 1.807) is 6.07 Å². The van der Waals surface area contributed by atoms with Crippen LogP contribution in [0.5, 0.6) is 0 Å². The average Bonchev–Trinajstić information content (AvgIpc) is 2.40. The van der Waals surface area contributed by atoms with Crippen LogP contribution in [0.4, 0.5) is 0 Å². The molecule has 2 rings (SSSR count). The summed E-state index contributed by atoms with van der Waals surface area (Å²) < 4.78 is 0.865. The molecule has 0 aliphatic carbocycles. The molecule has 1 atom stereocenters. The van der Waals surface area contributed by atoms with E-state index < -0.39 is 0 Å². The maximum atomic E-state index is 6.32. The summed E-state index contributed by atoms with van der Waals surface area (Å²) in [6.45, 7) is 2.88. The first-order valence-electron chi connectivity index (χ1n) is 6.16. The maximum Gasteiger partial charge on any atom is 0.0591 e. The quantitative estimate of drug-likeness (QED) is 0.661. The van der Waals surface area contributed by atoms with Gasteiger partial charge in [0.1, 0.15) is 0 Å². The van der Waals surface area contributed by atoms with Gasteiger partial charge in [-0.1, -0.05) is 53.9 Å². The van der Waals surface area contributed by atoms with Crippen molar-refractivity contribution >= 4 is 50.7 Å². The first kappa shape index (κ1) is 16.1. The second-order valence-electron chi connectivity index (χ2n) is 4.33. The summed E-state index contributed by atoms with van der Waals surface area (Å²) in [6.07, 6.45) is 0. The van der Waals surface area contributed by atoms with E-state index in [-0.39, 0.29) is 6.04 Å². The summed E-state index contributed by atoms with van der Waals surface area (Å²) in [7, 11) is 0. The first-order valence-corrected chi connectivity index (χ1v) is 8.09. The number of nitrogens with one attached hydrogen (secondary N) is 1. The zero-order valence-corrected chi connectivity index (χ0v) is 14.6. The Kier molecular flexibility index (Phi) is 5.76. The van der Waals surface area contributed by atoms with Crippen molar-refractivity contribution in [1.82, 2.24) is 5.32 Å². The van der Waals surface area contributed by atoms with Gasteiger partial charge in [0, 0.05) is 14.5 Å². The third kappa shape index (κ3) is 3.69. The molecule has 0 saturated heterocycles. The molecule has 0 aliphatic rings. The zero-order valence-electron chi connectivity index (χ0n) is 10.8. The minimum atomic E-state index is -0.00154. The monoisotopic (exact) mass is 391 g/mol. The maximum absolute atomic E-state index is 6.32. The van der Waals surface area contributed by atoms with Gasteiger partial charge in [0.2, 0.25) is 0 Å². The van der Waals surface area contributed by atoms with Crippen LogP contribution < -0.4 is 5.32 Å². The van der Waals surface area contributed by atoms with Crippen molar-refractivity contribution in [3.05, 3.63) is 67.1 Å². The van der Waals surface area contributed by atoms with E-state index >= 15 is 0 Å². The third-order valence-corrected chi connectivity index (χ3v) is 4.74. The van der Waals surface area contributed by atoms with Crippen molar-refractivity contribution in [2.45, 2.75) is 13.0 Å². The molecule has 0 bridgehead atoms. The van der Waals surface area contributed by atoms with Crippen LogP contribution in [0.2, 0.25) is 15.1 Å². The van der Waals surface area contributed by atoms with Crippen LogP contribution in [0, 0.1) is 0 Å². The van der Waals surface area contributed by atoms with Crippen LogP contribution in [0.3, 0.4) is 0 Å². The molecule has 0 aromatic heterocycles. The highest BCUT2D eigenvalue weighted by Crippen LogP contribution is 2.33. The largest absolute Gasteiger partial charge is 0.306 e. The van der Waals surface area contributed by atoms with Gasteiger partial charge < -0.3 is 5.32 Å². The van der Waals surface area contributed by atoms with Crippen LogP contribution >= 0.6 is 50.7 Å². The molecule has 106 valence electrons. The highest BCUT2D eigenvalue weighted by atomic mass is 79.9. The molecule has 0 aliphatic heterocycles. The Balaban J connectivity index is 2.47. The van der Waals surface area contributed by atoms with Crippen LogP contribution in [0.15, 0.2) is 40.9 Å². The molecule has 2 aromatic carbocycles. The Bertz CT molecular complexity index is 616. The molecule has 1 N–H and O–H groups in total. The minimum Gasteiger partial charge on any atom is -0.306 e. The van der Waals surface area contributed by atoms with Gasteiger partial charge in [-0.05, 0) is 57.9 Å². The van der Waals surface area contributed by atoms with Crippen molar-refractivity contribution in [2.75, 3.05) is 6.54 Å². The SMILES string of the molecule is CCNC(c1ccc(Cl)c(Br)c1)c1ccc(Cl)cc1Cl. The lowest BCUT2D eigenvalue weighted by Gasteiger charge is -2.21. The number of rotatable bonds is 4. The lowest BCUT2D eigenvalue weighted by atomic mass is 9.98. The molecule has 0 heterocycles. The average molecular weight is 394 g/mol. The number of halogens is 4. The Hall–Kier alpha value is -0.250. The van der Waals surface area contributed by atoms with Gasteiger partial charge >= 0.3 is 0 Å². The fourth-order valence-corrected chi connectivity index (χ4v) is 3.07. The van der Waals surface area contributed by atoms with Gasteiger partial charge in [0.05, 0.1) is 11.1 Å². The second-order valence-corrected chi connectivity index (χ2v) is 6.44. The van der Waals surface area contributed by atoms with Gasteiger partial charge in [-0.3, -0.25) is 0 Å². The predicted octanol–water partition coefficient (Wildman–Crippen LogP) is 6.11. The molecule has 1 nitrogen and oxygen atoms in total.